The molecule has 27 heavy (non-hydrogen) atoms. The van der Waals surface area contributed by atoms with Crippen LogP contribution in [0.3, 0.4) is 0 Å². The van der Waals surface area contributed by atoms with E-state index < -0.39 is 34.3 Å². The number of benzene rings is 2. The number of carbonyl (C=O) groups excluding carboxylic acids is 1. The second-order valence-corrected chi connectivity index (χ2v) is 6.83. The predicted molar refractivity (Wildman–Crippen MR) is 88.4 cm³/mol. The molecule has 0 aliphatic carbocycles. The molecule has 1 amide bonds. The van der Waals surface area contributed by atoms with Crippen LogP contribution in [0.2, 0.25) is 0 Å². The maximum absolute atomic E-state index is 12.6. The number of hydrazine groups is 1. The van der Waals surface area contributed by atoms with Gasteiger partial charge in [0.15, 0.2) is 6.61 Å². The van der Waals surface area contributed by atoms with Crippen LogP contribution >= 0.6 is 0 Å². The minimum atomic E-state index is -4.55. The molecule has 2 N–H and O–H groups in total. The predicted octanol–water partition coefficient (Wildman–Crippen LogP) is 2.10. The van der Waals surface area contributed by atoms with Gasteiger partial charge in [0.2, 0.25) is 0 Å². The number of methoxy groups -OCH3 is 1. The van der Waals surface area contributed by atoms with Gasteiger partial charge in [0.05, 0.1) is 17.6 Å². The largest absolute Gasteiger partial charge is 0.497 e. The number of carbonyl (C=O) groups is 1. The van der Waals surface area contributed by atoms with Crippen molar-refractivity contribution in [2.24, 2.45) is 0 Å². The molecule has 2 aromatic rings. The summed E-state index contributed by atoms with van der Waals surface area (Å²) in [4.78, 5) is 13.4. The first-order valence-electron chi connectivity index (χ1n) is 7.36. The van der Waals surface area contributed by atoms with Crippen molar-refractivity contribution in [3.8, 4) is 11.5 Å². The van der Waals surface area contributed by atoms with Crippen LogP contribution in [0.1, 0.15) is 5.56 Å². The van der Waals surface area contributed by atoms with Gasteiger partial charge in [0.1, 0.15) is 11.5 Å². The molecule has 0 spiro atoms. The molecule has 7 nitrogen and oxygen atoms in total. The summed E-state index contributed by atoms with van der Waals surface area (Å²) in [6.45, 7) is -0.688. The van der Waals surface area contributed by atoms with Gasteiger partial charge in [-0.25, -0.2) is 8.42 Å². The fraction of sp³-hybridized carbons (Fsp3) is 0.188. The van der Waals surface area contributed by atoms with Gasteiger partial charge in [-0.05, 0) is 42.5 Å². The highest BCUT2D eigenvalue weighted by molar-refractivity contribution is 7.89. The summed E-state index contributed by atoms with van der Waals surface area (Å²) in [5.41, 5.74) is 0.980. The van der Waals surface area contributed by atoms with Crippen molar-refractivity contribution in [3.05, 3.63) is 54.1 Å². The van der Waals surface area contributed by atoms with Crippen LogP contribution < -0.4 is 19.7 Å². The average Bonchev–Trinajstić information content (AvgIpc) is 2.64. The Morgan fingerprint density at radius 2 is 1.74 bits per heavy atom. The summed E-state index contributed by atoms with van der Waals surface area (Å²) in [5.74, 6) is -0.630. The fourth-order valence-electron chi connectivity index (χ4n) is 1.89. The number of hydrogen-bond donors (Lipinski definition) is 2. The highest BCUT2D eigenvalue weighted by Crippen LogP contribution is 2.31. The first-order chi connectivity index (χ1) is 12.6. The number of hydrogen-bond acceptors (Lipinski definition) is 5. The van der Waals surface area contributed by atoms with Crippen LogP contribution in [0.15, 0.2) is 53.4 Å². The zero-order valence-corrected chi connectivity index (χ0v) is 14.7. The Morgan fingerprint density at radius 1 is 1.07 bits per heavy atom. The topological polar surface area (TPSA) is 93.7 Å². The SMILES string of the molecule is COc1ccc(S(=O)(=O)NNC(=O)COc2cccc(C(F)(F)F)c2)cc1. The van der Waals surface area contributed by atoms with Crippen LogP contribution in [-0.4, -0.2) is 28.0 Å². The van der Waals surface area contributed by atoms with Crippen LogP contribution in [0, 0.1) is 0 Å². The summed E-state index contributed by atoms with van der Waals surface area (Å²) in [7, 11) is -2.61. The van der Waals surface area contributed by atoms with Crippen LogP contribution in [0.5, 0.6) is 11.5 Å². The minimum Gasteiger partial charge on any atom is -0.497 e. The number of sulfonamides is 1. The third kappa shape index (κ3) is 5.86. The summed E-state index contributed by atoms with van der Waals surface area (Å²) in [5, 5.41) is 0. The number of nitrogens with one attached hydrogen (secondary N) is 2. The lowest BCUT2D eigenvalue weighted by molar-refractivity contribution is -0.137. The molecule has 0 saturated carbocycles. The first kappa shape index (κ1) is 20.5. The molecule has 0 unspecified atom stereocenters. The van der Waals surface area contributed by atoms with Gasteiger partial charge in [-0.3, -0.25) is 10.2 Å². The lowest BCUT2D eigenvalue weighted by Gasteiger charge is -2.11. The Balaban J connectivity index is 1.90. The Kier molecular flexibility index (Phi) is 6.28. The average molecular weight is 404 g/mol. The molecule has 0 fully saturated rings. The highest BCUT2D eigenvalue weighted by atomic mass is 32.2. The Labute approximate surface area is 153 Å². The number of ether oxygens (including phenoxy) is 2. The molecule has 0 bridgehead atoms. The van der Waals surface area contributed by atoms with E-state index in [1.165, 1.54) is 37.4 Å². The number of amides is 1. The molecular formula is C16H15F3N2O5S. The van der Waals surface area contributed by atoms with Gasteiger partial charge in [0, 0.05) is 0 Å². The zero-order chi connectivity index (χ0) is 20.1. The van der Waals surface area contributed by atoms with Crippen LogP contribution in [0.4, 0.5) is 13.2 Å². The molecule has 0 heterocycles. The molecule has 0 aliphatic heterocycles. The second-order valence-electron chi connectivity index (χ2n) is 5.14. The van der Waals surface area contributed by atoms with Crippen molar-refractivity contribution < 1.29 is 35.9 Å². The lowest BCUT2D eigenvalue weighted by Crippen LogP contribution is -2.43. The normalized spacial score (nSPS) is 11.7. The molecule has 0 aliphatic rings. The third-order valence-electron chi connectivity index (χ3n) is 3.23. The van der Waals surface area contributed by atoms with Gasteiger partial charge in [0.25, 0.3) is 15.9 Å². The molecule has 0 saturated heterocycles. The van der Waals surface area contributed by atoms with Crippen molar-refractivity contribution in [3.63, 3.8) is 0 Å². The number of halogens is 3. The van der Waals surface area contributed by atoms with Crippen molar-refractivity contribution in [2.45, 2.75) is 11.1 Å². The van der Waals surface area contributed by atoms with E-state index in [1.54, 1.807) is 0 Å². The van der Waals surface area contributed by atoms with Crippen LogP contribution in [-0.2, 0) is 21.0 Å². The molecule has 0 atom stereocenters. The van der Waals surface area contributed by atoms with Crippen molar-refractivity contribution >= 4 is 15.9 Å². The molecular weight excluding hydrogens is 389 g/mol. The highest BCUT2D eigenvalue weighted by Gasteiger charge is 2.30. The monoisotopic (exact) mass is 404 g/mol. The second kappa shape index (κ2) is 8.27. The number of alkyl halides is 3. The van der Waals surface area contributed by atoms with Gasteiger partial charge >= 0.3 is 6.18 Å². The summed E-state index contributed by atoms with van der Waals surface area (Å²) >= 11 is 0. The Bertz CT molecular complexity index is 899. The number of rotatable bonds is 7. The van der Waals surface area contributed by atoms with Crippen LogP contribution in [0.25, 0.3) is 0 Å². The van der Waals surface area contributed by atoms with Crippen molar-refractivity contribution in [1.29, 1.82) is 0 Å². The third-order valence-corrected chi connectivity index (χ3v) is 4.49. The fourth-order valence-corrected chi connectivity index (χ4v) is 2.75. The Morgan fingerprint density at radius 3 is 2.33 bits per heavy atom. The molecule has 0 aromatic heterocycles. The van der Waals surface area contributed by atoms with E-state index in [9.17, 15) is 26.4 Å². The van der Waals surface area contributed by atoms with Gasteiger partial charge < -0.3 is 9.47 Å². The molecule has 11 heteroatoms. The molecule has 0 radical (unpaired) electrons. The van der Waals surface area contributed by atoms with Crippen molar-refractivity contribution in [1.82, 2.24) is 10.3 Å². The van der Waals surface area contributed by atoms with E-state index >= 15 is 0 Å². The summed E-state index contributed by atoms with van der Waals surface area (Å²) in [6.07, 6.45) is -4.55. The maximum Gasteiger partial charge on any atom is 0.416 e. The lowest BCUT2D eigenvalue weighted by atomic mass is 10.2. The van der Waals surface area contributed by atoms with E-state index in [1.807, 2.05) is 10.3 Å². The van der Waals surface area contributed by atoms with E-state index in [0.717, 1.165) is 18.2 Å². The van der Waals surface area contributed by atoms with E-state index in [0.29, 0.717) is 5.75 Å². The van der Waals surface area contributed by atoms with E-state index in [-0.39, 0.29) is 10.6 Å². The zero-order valence-electron chi connectivity index (χ0n) is 13.9. The quantitative estimate of drug-likeness (QED) is 0.690. The van der Waals surface area contributed by atoms with E-state index in [4.69, 9.17) is 9.47 Å². The van der Waals surface area contributed by atoms with Crippen molar-refractivity contribution in [2.75, 3.05) is 13.7 Å². The molecule has 2 aromatic carbocycles. The Hall–Kier alpha value is -2.79. The standard InChI is InChI=1S/C16H15F3N2O5S/c1-25-12-5-7-14(8-6-12)27(23,24)21-20-15(22)10-26-13-4-2-3-11(9-13)16(17,18)19/h2-9,21H,10H2,1H3,(H,20,22). The van der Waals surface area contributed by atoms with Gasteiger partial charge in [-0.1, -0.05) is 6.07 Å². The van der Waals surface area contributed by atoms with E-state index in [2.05, 4.69) is 0 Å². The first-order valence-corrected chi connectivity index (χ1v) is 8.85. The maximum atomic E-state index is 12.6. The summed E-state index contributed by atoms with van der Waals surface area (Å²) in [6, 6.07) is 9.34. The van der Waals surface area contributed by atoms with Gasteiger partial charge in [-0.2, -0.15) is 13.2 Å². The molecule has 2 rings (SSSR count). The minimum absolute atomic E-state index is 0.123. The molecule has 146 valence electrons. The smallest absolute Gasteiger partial charge is 0.416 e. The summed E-state index contributed by atoms with van der Waals surface area (Å²) < 4.78 is 71.7. The van der Waals surface area contributed by atoms with Gasteiger partial charge in [-0.15, -0.1) is 4.83 Å².